The van der Waals surface area contributed by atoms with Crippen molar-refractivity contribution in [2.45, 2.75) is 17.7 Å². The van der Waals surface area contributed by atoms with Gasteiger partial charge in [0, 0.05) is 9.85 Å². The second-order valence-electron chi connectivity index (χ2n) is 3.53. The van der Waals surface area contributed by atoms with Crippen LogP contribution >= 0.6 is 27.5 Å². The topological polar surface area (TPSA) is 0 Å². The predicted octanol–water partition coefficient (Wildman–Crippen LogP) is 4.46. The molecule has 76 valence electrons. The highest BCUT2D eigenvalue weighted by atomic mass is 79.9. The zero-order chi connectivity index (χ0) is 10.3. The monoisotopic (exact) mass is 280 g/mol. The maximum atomic E-state index is 12.9. The van der Waals surface area contributed by atoms with Crippen LogP contribution in [0, 0.1) is 17.6 Å². The van der Waals surface area contributed by atoms with E-state index in [1.807, 2.05) is 0 Å². The Labute approximate surface area is 94.4 Å². The Bertz CT molecular complexity index is 363. The zero-order valence-electron chi connectivity index (χ0n) is 7.24. The van der Waals surface area contributed by atoms with E-state index in [0.29, 0.717) is 11.5 Å². The van der Waals surface area contributed by atoms with Crippen molar-refractivity contribution in [1.82, 2.24) is 0 Å². The standard InChI is InChI=1S/C10H8BrClF2/c11-10(5-1-2-5)6-3-8(13)9(14)4-7(6)12/h3-5,10H,1-2H2. The Balaban J connectivity index is 2.36. The van der Waals surface area contributed by atoms with E-state index in [1.54, 1.807) is 0 Å². The minimum atomic E-state index is -0.894. The Kier molecular flexibility index (Phi) is 2.80. The molecule has 0 aliphatic heterocycles. The van der Waals surface area contributed by atoms with E-state index >= 15 is 0 Å². The molecule has 1 atom stereocenters. The maximum absolute atomic E-state index is 12.9. The third kappa shape index (κ3) is 1.94. The van der Waals surface area contributed by atoms with Gasteiger partial charge in [-0.3, -0.25) is 0 Å². The second kappa shape index (κ2) is 3.78. The summed E-state index contributed by atoms with van der Waals surface area (Å²) in [5, 5.41) is 0.290. The summed E-state index contributed by atoms with van der Waals surface area (Å²) in [6, 6.07) is 2.21. The summed E-state index contributed by atoms with van der Waals surface area (Å²) in [4.78, 5) is 0.0464. The van der Waals surface area contributed by atoms with Gasteiger partial charge in [-0.25, -0.2) is 8.78 Å². The minimum Gasteiger partial charge on any atom is -0.204 e. The highest BCUT2D eigenvalue weighted by Gasteiger charge is 2.32. The van der Waals surface area contributed by atoms with Crippen molar-refractivity contribution >= 4 is 27.5 Å². The van der Waals surface area contributed by atoms with Gasteiger partial charge in [0.25, 0.3) is 0 Å². The molecule has 0 amide bonds. The molecule has 1 unspecified atom stereocenters. The van der Waals surface area contributed by atoms with Gasteiger partial charge in [0.2, 0.25) is 0 Å². The molecule has 0 heterocycles. The molecule has 2 rings (SSSR count). The van der Waals surface area contributed by atoms with Crippen LogP contribution in [-0.4, -0.2) is 0 Å². The first-order valence-electron chi connectivity index (χ1n) is 4.38. The van der Waals surface area contributed by atoms with E-state index in [2.05, 4.69) is 15.9 Å². The predicted molar refractivity (Wildman–Crippen MR) is 55.8 cm³/mol. The molecule has 1 fully saturated rings. The summed E-state index contributed by atoms with van der Waals surface area (Å²) < 4.78 is 25.7. The van der Waals surface area contributed by atoms with Gasteiger partial charge in [-0.1, -0.05) is 27.5 Å². The molecule has 0 N–H and O–H groups in total. The molecule has 0 spiro atoms. The van der Waals surface area contributed by atoms with Crippen LogP contribution in [0.1, 0.15) is 23.2 Å². The zero-order valence-corrected chi connectivity index (χ0v) is 9.58. The first-order chi connectivity index (χ1) is 6.59. The Morgan fingerprint density at radius 1 is 1.29 bits per heavy atom. The van der Waals surface area contributed by atoms with Crippen molar-refractivity contribution in [2.24, 2.45) is 5.92 Å². The largest absolute Gasteiger partial charge is 0.204 e. The van der Waals surface area contributed by atoms with Crippen LogP contribution < -0.4 is 0 Å². The third-order valence-corrected chi connectivity index (χ3v) is 3.94. The van der Waals surface area contributed by atoms with Crippen molar-refractivity contribution in [1.29, 1.82) is 0 Å². The van der Waals surface area contributed by atoms with Crippen LogP contribution in [0.3, 0.4) is 0 Å². The van der Waals surface area contributed by atoms with Gasteiger partial charge in [-0.05, 0) is 36.5 Å². The average Bonchev–Trinajstić information content (AvgIpc) is 2.93. The fourth-order valence-electron chi connectivity index (χ4n) is 1.39. The van der Waals surface area contributed by atoms with E-state index in [0.717, 1.165) is 18.9 Å². The summed E-state index contributed by atoms with van der Waals surface area (Å²) in [5.41, 5.74) is 0.646. The van der Waals surface area contributed by atoms with Crippen LogP contribution in [0.2, 0.25) is 5.02 Å². The Morgan fingerprint density at radius 2 is 1.86 bits per heavy atom. The quantitative estimate of drug-likeness (QED) is 0.554. The lowest BCUT2D eigenvalue weighted by Gasteiger charge is -2.11. The number of rotatable bonds is 2. The number of hydrogen-bond acceptors (Lipinski definition) is 0. The normalized spacial score (nSPS) is 18.3. The minimum absolute atomic E-state index is 0.0464. The molecule has 0 nitrogen and oxygen atoms in total. The molecule has 1 aromatic carbocycles. The lowest BCUT2D eigenvalue weighted by Crippen LogP contribution is -1.96. The number of halogens is 4. The highest BCUT2D eigenvalue weighted by molar-refractivity contribution is 9.09. The molecule has 4 heteroatoms. The van der Waals surface area contributed by atoms with Crippen LogP contribution in [0.5, 0.6) is 0 Å². The summed E-state index contributed by atoms with van der Waals surface area (Å²) in [6.07, 6.45) is 2.23. The summed E-state index contributed by atoms with van der Waals surface area (Å²) in [5.74, 6) is -1.22. The molecule has 14 heavy (non-hydrogen) atoms. The molecule has 1 aliphatic rings. The van der Waals surface area contributed by atoms with Crippen molar-refractivity contribution in [2.75, 3.05) is 0 Å². The van der Waals surface area contributed by atoms with Crippen LogP contribution in [-0.2, 0) is 0 Å². The smallest absolute Gasteiger partial charge is 0.160 e. The van der Waals surface area contributed by atoms with Gasteiger partial charge >= 0.3 is 0 Å². The van der Waals surface area contributed by atoms with Crippen LogP contribution in [0.4, 0.5) is 8.78 Å². The van der Waals surface area contributed by atoms with Crippen molar-refractivity contribution < 1.29 is 8.78 Å². The lowest BCUT2D eigenvalue weighted by molar-refractivity contribution is 0.506. The lowest BCUT2D eigenvalue weighted by atomic mass is 10.1. The fourth-order valence-corrected chi connectivity index (χ4v) is 2.70. The highest BCUT2D eigenvalue weighted by Crippen LogP contribution is 2.48. The van der Waals surface area contributed by atoms with Gasteiger partial charge < -0.3 is 0 Å². The Morgan fingerprint density at radius 3 is 2.43 bits per heavy atom. The number of alkyl halides is 1. The number of hydrogen-bond donors (Lipinski definition) is 0. The van der Waals surface area contributed by atoms with Crippen molar-refractivity contribution in [3.63, 3.8) is 0 Å². The van der Waals surface area contributed by atoms with Gasteiger partial charge in [0.05, 0.1) is 0 Å². The average molecular weight is 282 g/mol. The molecular formula is C10H8BrClF2. The third-order valence-electron chi connectivity index (χ3n) is 2.37. The van der Waals surface area contributed by atoms with Gasteiger partial charge in [-0.2, -0.15) is 0 Å². The van der Waals surface area contributed by atoms with E-state index in [9.17, 15) is 8.78 Å². The van der Waals surface area contributed by atoms with Crippen molar-refractivity contribution in [3.8, 4) is 0 Å². The first-order valence-corrected chi connectivity index (χ1v) is 5.67. The molecule has 1 aromatic rings. The first kappa shape index (κ1) is 10.4. The molecule has 1 saturated carbocycles. The van der Waals surface area contributed by atoms with E-state index < -0.39 is 11.6 Å². The Hall–Kier alpha value is -0.150. The molecule has 0 bridgehead atoms. The summed E-state index contributed by atoms with van der Waals surface area (Å²) >= 11 is 9.28. The van der Waals surface area contributed by atoms with Gasteiger partial charge in [0.15, 0.2) is 11.6 Å². The van der Waals surface area contributed by atoms with Gasteiger partial charge in [0.1, 0.15) is 0 Å². The SMILES string of the molecule is Fc1cc(Cl)c(C(Br)C2CC2)cc1F. The fraction of sp³-hybridized carbons (Fsp3) is 0.400. The van der Waals surface area contributed by atoms with Gasteiger partial charge in [-0.15, -0.1) is 0 Å². The van der Waals surface area contributed by atoms with Crippen LogP contribution in [0.15, 0.2) is 12.1 Å². The summed E-state index contributed by atoms with van der Waals surface area (Å²) in [7, 11) is 0. The van der Waals surface area contributed by atoms with Crippen LogP contribution in [0.25, 0.3) is 0 Å². The molecule has 0 radical (unpaired) electrons. The maximum Gasteiger partial charge on any atom is 0.160 e. The molecule has 0 saturated heterocycles. The van der Waals surface area contributed by atoms with E-state index in [1.165, 1.54) is 6.07 Å². The molecule has 0 aromatic heterocycles. The summed E-state index contributed by atoms with van der Waals surface area (Å²) in [6.45, 7) is 0. The second-order valence-corrected chi connectivity index (χ2v) is 4.92. The number of benzene rings is 1. The molecule has 1 aliphatic carbocycles. The van der Waals surface area contributed by atoms with E-state index in [-0.39, 0.29) is 9.85 Å². The van der Waals surface area contributed by atoms with E-state index in [4.69, 9.17) is 11.6 Å². The molecular weight excluding hydrogens is 273 g/mol. The van der Waals surface area contributed by atoms with Crippen molar-refractivity contribution in [3.05, 3.63) is 34.4 Å².